The highest BCUT2D eigenvalue weighted by molar-refractivity contribution is 9.10. The van der Waals surface area contributed by atoms with Gasteiger partial charge in [0.1, 0.15) is 11.6 Å². The molecule has 0 aliphatic heterocycles. The smallest absolute Gasteiger partial charge is 0.262 e. The highest BCUT2D eigenvalue weighted by Gasteiger charge is 2.10. The second-order valence-corrected chi connectivity index (χ2v) is 5.79. The van der Waals surface area contributed by atoms with Crippen molar-refractivity contribution >= 4 is 27.5 Å². The van der Waals surface area contributed by atoms with Gasteiger partial charge in [-0.05, 0) is 60.1 Å². The zero-order valence-electron chi connectivity index (χ0n) is 14.0. The first-order valence-electron chi connectivity index (χ1n) is 7.80. The fourth-order valence-electron chi connectivity index (χ4n) is 2.06. The lowest BCUT2D eigenvalue weighted by atomic mass is 10.2. The molecule has 0 unspecified atom stereocenters. The minimum Gasteiger partial charge on any atom is -0.490 e. The van der Waals surface area contributed by atoms with Gasteiger partial charge in [0.25, 0.3) is 5.91 Å². The van der Waals surface area contributed by atoms with Crippen molar-refractivity contribution in [2.75, 3.05) is 25.1 Å². The van der Waals surface area contributed by atoms with Gasteiger partial charge in [-0.2, -0.15) is 0 Å². The summed E-state index contributed by atoms with van der Waals surface area (Å²) < 4.78 is 29.9. The molecule has 0 spiro atoms. The molecule has 134 valence electrons. The summed E-state index contributed by atoms with van der Waals surface area (Å²) in [6.45, 7) is 4.55. The van der Waals surface area contributed by atoms with Crippen LogP contribution in [0.1, 0.15) is 13.8 Å². The molecule has 0 radical (unpaired) electrons. The van der Waals surface area contributed by atoms with Crippen molar-refractivity contribution in [3.63, 3.8) is 0 Å². The minimum absolute atomic E-state index is 0.207. The van der Waals surface area contributed by atoms with Crippen LogP contribution < -0.4 is 19.5 Å². The van der Waals surface area contributed by atoms with Crippen LogP contribution >= 0.6 is 15.9 Å². The highest BCUT2D eigenvalue weighted by atomic mass is 79.9. The van der Waals surface area contributed by atoms with Gasteiger partial charge in [-0.15, -0.1) is 0 Å². The van der Waals surface area contributed by atoms with Crippen LogP contribution in [0.4, 0.5) is 10.1 Å². The molecule has 2 aromatic rings. The number of ether oxygens (including phenoxy) is 3. The van der Waals surface area contributed by atoms with E-state index in [9.17, 15) is 9.18 Å². The van der Waals surface area contributed by atoms with Crippen molar-refractivity contribution < 1.29 is 23.4 Å². The van der Waals surface area contributed by atoms with Crippen LogP contribution in [0.3, 0.4) is 0 Å². The summed E-state index contributed by atoms with van der Waals surface area (Å²) in [6.07, 6.45) is 0. The molecule has 2 aromatic carbocycles. The Morgan fingerprint density at radius 2 is 1.68 bits per heavy atom. The monoisotopic (exact) mass is 411 g/mol. The number of rotatable bonds is 8. The quantitative estimate of drug-likeness (QED) is 0.698. The Morgan fingerprint density at radius 3 is 2.36 bits per heavy atom. The number of anilines is 1. The summed E-state index contributed by atoms with van der Waals surface area (Å²) in [7, 11) is 0. The van der Waals surface area contributed by atoms with Crippen LogP contribution in [0.15, 0.2) is 40.9 Å². The van der Waals surface area contributed by atoms with Gasteiger partial charge in [0, 0.05) is 11.8 Å². The second-order valence-electron chi connectivity index (χ2n) is 4.94. The van der Waals surface area contributed by atoms with E-state index in [0.29, 0.717) is 40.6 Å². The molecule has 0 aliphatic carbocycles. The maximum absolute atomic E-state index is 13.0. The molecule has 25 heavy (non-hydrogen) atoms. The maximum atomic E-state index is 13.0. The normalized spacial score (nSPS) is 10.2. The Bertz CT molecular complexity index is 739. The Balaban J connectivity index is 1.98. The topological polar surface area (TPSA) is 56.8 Å². The first kappa shape index (κ1) is 19.1. The molecule has 0 heterocycles. The average Bonchev–Trinajstić information content (AvgIpc) is 2.57. The molecule has 5 nitrogen and oxygen atoms in total. The lowest BCUT2D eigenvalue weighted by Crippen LogP contribution is -2.20. The molecular weight excluding hydrogens is 393 g/mol. The molecule has 0 aromatic heterocycles. The Labute approximate surface area is 154 Å². The number of nitrogens with one attached hydrogen (secondary N) is 1. The van der Waals surface area contributed by atoms with Gasteiger partial charge in [-0.3, -0.25) is 4.79 Å². The molecule has 0 saturated heterocycles. The van der Waals surface area contributed by atoms with E-state index in [2.05, 4.69) is 21.2 Å². The number of carbonyl (C=O) groups is 1. The van der Waals surface area contributed by atoms with Crippen LogP contribution in [0.2, 0.25) is 0 Å². The molecular formula is C18H19BrFNO4. The summed E-state index contributed by atoms with van der Waals surface area (Å²) in [5, 5.41) is 2.72. The van der Waals surface area contributed by atoms with Gasteiger partial charge in [0.05, 0.1) is 17.7 Å². The number of benzene rings is 2. The molecule has 2 rings (SSSR count). The predicted molar refractivity (Wildman–Crippen MR) is 97.0 cm³/mol. The highest BCUT2D eigenvalue weighted by Crippen LogP contribution is 2.30. The summed E-state index contributed by atoms with van der Waals surface area (Å²) >= 11 is 3.19. The van der Waals surface area contributed by atoms with Crippen LogP contribution in [-0.4, -0.2) is 25.7 Å². The van der Waals surface area contributed by atoms with E-state index >= 15 is 0 Å². The fraction of sp³-hybridized carbons (Fsp3) is 0.278. The van der Waals surface area contributed by atoms with E-state index in [1.807, 2.05) is 13.8 Å². The van der Waals surface area contributed by atoms with Crippen molar-refractivity contribution in [3.8, 4) is 17.2 Å². The maximum Gasteiger partial charge on any atom is 0.262 e. The van der Waals surface area contributed by atoms with Gasteiger partial charge in [0.15, 0.2) is 18.1 Å². The third-order valence-corrected chi connectivity index (χ3v) is 3.70. The largest absolute Gasteiger partial charge is 0.490 e. The Hall–Kier alpha value is -2.28. The van der Waals surface area contributed by atoms with Gasteiger partial charge < -0.3 is 19.5 Å². The van der Waals surface area contributed by atoms with E-state index in [-0.39, 0.29) is 18.3 Å². The number of halogens is 2. The lowest BCUT2D eigenvalue weighted by Gasteiger charge is -2.13. The fourth-order valence-corrected chi connectivity index (χ4v) is 2.53. The van der Waals surface area contributed by atoms with E-state index < -0.39 is 0 Å². The molecule has 0 bridgehead atoms. The van der Waals surface area contributed by atoms with Crippen LogP contribution in [0.5, 0.6) is 17.2 Å². The number of hydrogen-bond donors (Lipinski definition) is 1. The molecule has 1 N–H and O–H groups in total. The summed E-state index contributed by atoms with van der Waals surface area (Å²) in [4.78, 5) is 12.0. The van der Waals surface area contributed by atoms with Gasteiger partial charge in [-0.1, -0.05) is 0 Å². The summed E-state index contributed by atoms with van der Waals surface area (Å²) in [6, 6.07) is 9.14. The molecule has 0 aliphatic rings. The van der Waals surface area contributed by atoms with Crippen LogP contribution in [-0.2, 0) is 4.79 Å². The van der Waals surface area contributed by atoms with Crippen molar-refractivity contribution in [1.29, 1.82) is 0 Å². The van der Waals surface area contributed by atoms with Crippen molar-refractivity contribution in [2.24, 2.45) is 0 Å². The predicted octanol–water partition coefficient (Wildman–Crippen LogP) is 4.40. The minimum atomic E-state index is -0.387. The van der Waals surface area contributed by atoms with Crippen molar-refractivity contribution in [2.45, 2.75) is 13.8 Å². The van der Waals surface area contributed by atoms with Gasteiger partial charge >= 0.3 is 0 Å². The zero-order chi connectivity index (χ0) is 18.2. The van der Waals surface area contributed by atoms with Crippen LogP contribution in [0.25, 0.3) is 0 Å². The van der Waals surface area contributed by atoms with Crippen molar-refractivity contribution in [3.05, 3.63) is 46.7 Å². The number of amides is 1. The average molecular weight is 412 g/mol. The zero-order valence-corrected chi connectivity index (χ0v) is 15.6. The first-order chi connectivity index (χ1) is 12.0. The third kappa shape index (κ3) is 5.63. The molecule has 7 heteroatoms. The van der Waals surface area contributed by atoms with Gasteiger partial charge in [-0.25, -0.2) is 4.39 Å². The summed E-state index contributed by atoms with van der Waals surface area (Å²) in [5.74, 6) is 0.834. The molecule has 0 atom stereocenters. The standard InChI is InChI=1S/C18H19BrFNO4/c1-3-23-16-8-6-13(10-17(16)24-4-2)21-18(22)11-25-15-7-5-12(20)9-14(15)19/h5-10H,3-4,11H2,1-2H3,(H,21,22). The third-order valence-electron chi connectivity index (χ3n) is 3.08. The van der Waals surface area contributed by atoms with E-state index in [1.165, 1.54) is 18.2 Å². The molecule has 0 saturated carbocycles. The molecule has 1 amide bonds. The van der Waals surface area contributed by atoms with E-state index in [0.717, 1.165) is 0 Å². The molecule has 0 fully saturated rings. The first-order valence-corrected chi connectivity index (χ1v) is 8.60. The number of hydrogen-bond acceptors (Lipinski definition) is 4. The lowest BCUT2D eigenvalue weighted by molar-refractivity contribution is -0.118. The van der Waals surface area contributed by atoms with Gasteiger partial charge in [0.2, 0.25) is 0 Å². The summed E-state index contributed by atoms with van der Waals surface area (Å²) in [5.41, 5.74) is 0.568. The van der Waals surface area contributed by atoms with E-state index in [1.54, 1.807) is 18.2 Å². The van der Waals surface area contributed by atoms with Crippen LogP contribution in [0, 0.1) is 5.82 Å². The second kappa shape index (κ2) is 9.27. The van der Waals surface area contributed by atoms with E-state index in [4.69, 9.17) is 14.2 Å². The Kier molecular flexibility index (Phi) is 7.06. The number of carbonyl (C=O) groups excluding carboxylic acids is 1. The Morgan fingerprint density at radius 1 is 1.00 bits per heavy atom. The van der Waals surface area contributed by atoms with Crippen molar-refractivity contribution in [1.82, 2.24) is 0 Å². The SMILES string of the molecule is CCOc1ccc(NC(=O)COc2ccc(F)cc2Br)cc1OCC.